The predicted molar refractivity (Wildman–Crippen MR) is 70.0 cm³/mol. The van der Waals surface area contributed by atoms with E-state index in [1.165, 1.54) is 12.1 Å². The molecular weight excluding hydrogens is 215 g/mol. The molecule has 0 fully saturated rings. The number of anilines is 3. The van der Waals surface area contributed by atoms with Crippen molar-refractivity contribution in [1.29, 1.82) is 0 Å². The monoisotopic (exact) mass is 230 g/mol. The Morgan fingerprint density at radius 1 is 0.882 bits per heavy atom. The van der Waals surface area contributed by atoms with Gasteiger partial charge in [0.05, 0.1) is 0 Å². The highest BCUT2D eigenvalue weighted by Gasteiger charge is 2.00. The molecule has 0 amide bonds. The lowest BCUT2D eigenvalue weighted by Crippen LogP contribution is -1.95. The van der Waals surface area contributed by atoms with Gasteiger partial charge in [-0.05, 0) is 55.3 Å². The van der Waals surface area contributed by atoms with Gasteiger partial charge in [-0.3, -0.25) is 0 Å². The molecular formula is C14H15FN2. The van der Waals surface area contributed by atoms with E-state index >= 15 is 0 Å². The van der Waals surface area contributed by atoms with Crippen molar-refractivity contribution >= 4 is 17.1 Å². The predicted octanol–water partition coefficient (Wildman–Crippen LogP) is 3.77. The molecule has 0 aliphatic heterocycles. The fraction of sp³-hybridized carbons (Fsp3) is 0.143. The zero-order chi connectivity index (χ0) is 12.4. The van der Waals surface area contributed by atoms with E-state index in [2.05, 4.69) is 11.4 Å². The first-order chi connectivity index (χ1) is 8.02. The van der Waals surface area contributed by atoms with Crippen molar-refractivity contribution in [3.05, 3.63) is 53.3 Å². The fourth-order valence-electron chi connectivity index (χ4n) is 1.90. The van der Waals surface area contributed by atoms with Crippen LogP contribution in [-0.2, 0) is 0 Å². The Labute approximate surface area is 100 Å². The molecule has 0 atom stereocenters. The molecule has 0 aromatic heterocycles. The molecule has 88 valence electrons. The van der Waals surface area contributed by atoms with Crippen LogP contribution in [0.5, 0.6) is 0 Å². The van der Waals surface area contributed by atoms with E-state index in [-0.39, 0.29) is 5.82 Å². The third-order valence-electron chi connectivity index (χ3n) is 2.43. The first-order valence-electron chi connectivity index (χ1n) is 5.44. The Morgan fingerprint density at radius 2 is 1.47 bits per heavy atom. The molecule has 0 bridgehead atoms. The molecule has 17 heavy (non-hydrogen) atoms. The third kappa shape index (κ3) is 2.97. The second-order valence-corrected chi connectivity index (χ2v) is 4.27. The summed E-state index contributed by atoms with van der Waals surface area (Å²) < 4.78 is 13.2. The highest BCUT2D eigenvalue weighted by Crippen LogP contribution is 2.22. The van der Waals surface area contributed by atoms with Crippen LogP contribution in [0.4, 0.5) is 21.5 Å². The van der Waals surface area contributed by atoms with Crippen LogP contribution < -0.4 is 11.1 Å². The Balaban J connectivity index is 2.31. The topological polar surface area (TPSA) is 38.0 Å². The number of nitrogens with two attached hydrogens (primary N) is 1. The zero-order valence-electron chi connectivity index (χ0n) is 9.92. The van der Waals surface area contributed by atoms with Gasteiger partial charge >= 0.3 is 0 Å². The minimum absolute atomic E-state index is 0.336. The third-order valence-corrected chi connectivity index (χ3v) is 2.43. The number of halogens is 1. The van der Waals surface area contributed by atoms with E-state index in [0.717, 1.165) is 16.8 Å². The number of hydrogen-bond acceptors (Lipinski definition) is 2. The minimum Gasteiger partial charge on any atom is -0.399 e. The van der Waals surface area contributed by atoms with Crippen LogP contribution in [0, 0.1) is 19.7 Å². The molecule has 2 nitrogen and oxygen atoms in total. The minimum atomic E-state index is -0.336. The van der Waals surface area contributed by atoms with Crippen LogP contribution in [-0.4, -0.2) is 0 Å². The van der Waals surface area contributed by atoms with Crippen molar-refractivity contribution in [3.63, 3.8) is 0 Å². The van der Waals surface area contributed by atoms with Crippen molar-refractivity contribution < 1.29 is 4.39 Å². The number of benzene rings is 2. The van der Waals surface area contributed by atoms with E-state index < -0.39 is 0 Å². The first kappa shape index (κ1) is 11.5. The molecule has 0 heterocycles. The van der Waals surface area contributed by atoms with Crippen molar-refractivity contribution in [2.75, 3.05) is 11.1 Å². The quantitative estimate of drug-likeness (QED) is 0.771. The summed E-state index contributed by atoms with van der Waals surface area (Å²) in [7, 11) is 0. The molecule has 2 rings (SSSR count). The van der Waals surface area contributed by atoms with Gasteiger partial charge in [-0.2, -0.15) is 0 Å². The maximum absolute atomic E-state index is 13.2. The summed E-state index contributed by atoms with van der Waals surface area (Å²) in [6, 6.07) is 10.5. The van der Waals surface area contributed by atoms with Crippen molar-refractivity contribution in [2.45, 2.75) is 13.8 Å². The number of hydrogen-bond donors (Lipinski definition) is 2. The number of nitrogen functional groups attached to an aromatic ring is 1. The smallest absolute Gasteiger partial charge is 0.127 e. The Kier molecular flexibility index (Phi) is 3.00. The highest BCUT2D eigenvalue weighted by atomic mass is 19.1. The molecule has 2 aromatic carbocycles. The average Bonchev–Trinajstić information content (AvgIpc) is 2.13. The lowest BCUT2D eigenvalue weighted by Gasteiger charge is -2.09. The molecule has 3 N–H and O–H groups in total. The van der Waals surface area contributed by atoms with Gasteiger partial charge in [0.15, 0.2) is 0 Å². The molecule has 0 saturated heterocycles. The van der Waals surface area contributed by atoms with Crippen LogP contribution in [0.2, 0.25) is 0 Å². The van der Waals surface area contributed by atoms with E-state index in [4.69, 9.17) is 5.73 Å². The maximum atomic E-state index is 13.2. The normalized spacial score (nSPS) is 10.3. The average molecular weight is 230 g/mol. The summed E-state index contributed by atoms with van der Waals surface area (Å²) in [5.41, 5.74) is 9.93. The van der Waals surface area contributed by atoms with Gasteiger partial charge in [0, 0.05) is 17.1 Å². The second-order valence-electron chi connectivity index (χ2n) is 4.27. The Morgan fingerprint density at radius 3 is 2.06 bits per heavy atom. The SMILES string of the molecule is Cc1cc(C)cc(Nc2cc(N)cc(F)c2)c1. The van der Waals surface area contributed by atoms with E-state index in [1.54, 1.807) is 6.07 Å². The van der Waals surface area contributed by atoms with Crippen LogP contribution in [0.3, 0.4) is 0 Å². The molecule has 0 spiro atoms. The molecule has 0 unspecified atom stereocenters. The Bertz CT molecular complexity index is 460. The standard InChI is InChI=1S/C14H15FN2/c1-9-3-10(2)5-13(4-9)17-14-7-11(15)6-12(16)8-14/h3-8,17H,16H2,1-2H3. The number of rotatable bonds is 2. The molecule has 0 aliphatic rings. The number of nitrogens with one attached hydrogen (secondary N) is 1. The van der Waals surface area contributed by atoms with Crippen LogP contribution in [0.25, 0.3) is 0 Å². The maximum Gasteiger partial charge on any atom is 0.127 e. The van der Waals surface area contributed by atoms with E-state index in [1.807, 2.05) is 26.0 Å². The summed E-state index contributed by atoms with van der Waals surface area (Å²) in [6.07, 6.45) is 0. The summed E-state index contributed by atoms with van der Waals surface area (Å²) >= 11 is 0. The van der Waals surface area contributed by atoms with Gasteiger partial charge in [-0.1, -0.05) is 6.07 Å². The summed E-state index contributed by atoms with van der Waals surface area (Å²) in [5, 5.41) is 3.15. The van der Waals surface area contributed by atoms with Crippen LogP contribution in [0.15, 0.2) is 36.4 Å². The largest absolute Gasteiger partial charge is 0.399 e. The van der Waals surface area contributed by atoms with Gasteiger partial charge in [0.25, 0.3) is 0 Å². The van der Waals surface area contributed by atoms with Gasteiger partial charge < -0.3 is 11.1 Å². The highest BCUT2D eigenvalue weighted by molar-refractivity contribution is 5.64. The molecule has 2 aromatic rings. The van der Waals surface area contributed by atoms with Crippen molar-refractivity contribution in [1.82, 2.24) is 0 Å². The molecule has 0 aliphatic carbocycles. The summed E-state index contributed by atoms with van der Waals surface area (Å²) in [5.74, 6) is -0.336. The van der Waals surface area contributed by atoms with Gasteiger partial charge in [-0.25, -0.2) is 4.39 Å². The summed E-state index contributed by atoms with van der Waals surface area (Å²) in [4.78, 5) is 0. The van der Waals surface area contributed by atoms with Crippen LogP contribution in [0.1, 0.15) is 11.1 Å². The van der Waals surface area contributed by atoms with Gasteiger partial charge in [0.2, 0.25) is 0 Å². The first-order valence-corrected chi connectivity index (χ1v) is 5.44. The summed E-state index contributed by atoms with van der Waals surface area (Å²) in [6.45, 7) is 4.05. The lowest BCUT2D eigenvalue weighted by atomic mass is 10.1. The van der Waals surface area contributed by atoms with E-state index in [0.29, 0.717) is 11.4 Å². The van der Waals surface area contributed by atoms with Gasteiger partial charge in [-0.15, -0.1) is 0 Å². The molecule has 3 heteroatoms. The second kappa shape index (κ2) is 4.45. The lowest BCUT2D eigenvalue weighted by molar-refractivity contribution is 0.629. The zero-order valence-corrected chi connectivity index (χ0v) is 9.92. The molecule has 0 radical (unpaired) electrons. The van der Waals surface area contributed by atoms with Crippen LogP contribution >= 0.6 is 0 Å². The number of aryl methyl sites for hydroxylation is 2. The van der Waals surface area contributed by atoms with E-state index in [9.17, 15) is 4.39 Å². The van der Waals surface area contributed by atoms with Gasteiger partial charge in [0.1, 0.15) is 5.82 Å². The fourth-order valence-corrected chi connectivity index (χ4v) is 1.90. The van der Waals surface area contributed by atoms with Crippen molar-refractivity contribution in [2.24, 2.45) is 0 Å². The molecule has 0 saturated carbocycles. The van der Waals surface area contributed by atoms with Crippen molar-refractivity contribution in [3.8, 4) is 0 Å². The Hall–Kier alpha value is -2.03.